The average Bonchev–Trinajstić information content (AvgIpc) is 2.45. The summed E-state index contributed by atoms with van der Waals surface area (Å²) in [6.45, 7) is 4.15. The molecule has 0 bridgehead atoms. The molecule has 0 radical (unpaired) electrons. The second-order valence-electron chi connectivity index (χ2n) is 3.93. The van der Waals surface area contributed by atoms with Gasteiger partial charge in [-0.05, 0) is 6.08 Å². The van der Waals surface area contributed by atoms with E-state index in [9.17, 15) is 19.8 Å². The number of amides is 2. The van der Waals surface area contributed by atoms with E-state index in [1.807, 2.05) is 0 Å². The molecule has 0 saturated carbocycles. The molecule has 2 unspecified atom stereocenters. The fraction of sp³-hybridized carbons (Fsp3) is 0.667. The summed E-state index contributed by atoms with van der Waals surface area (Å²) < 4.78 is 10.2. The van der Waals surface area contributed by atoms with Gasteiger partial charge in [-0.2, -0.15) is 0 Å². The van der Waals surface area contributed by atoms with E-state index < -0.39 is 12.2 Å². The Morgan fingerprint density at radius 1 is 1.15 bits per heavy atom. The SMILES string of the molecule is C=CC(=O)NCC(O)COCCOCC(O)CNC=O. The molecule has 8 nitrogen and oxygen atoms in total. The van der Waals surface area contributed by atoms with Crippen molar-refractivity contribution in [3.05, 3.63) is 12.7 Å². The van der Waals surface area contributed by atoms with E-state index in [0.717, 1.165) is 6.08 Å². The van der Waals surface area contributed by atoms with E-state index in [1.165, 1.54) is 0 Å². The first-order valence-electron chi connectivity index (χ1n) is 6.19. The summed E-state index contributed by atoms with van der Waals surface area (Å²) in [7, 11) is 0. The Balaban J connectivity index is 3.36. The molecule has 0 rings (SSSR count). The predicted octanol–water partition coefficient (Wildman–Crippen LogP) is -2.21. The molecule has 116 valence electrons. The van der Waals surface area contributed by atoms with Gasteiger partial charge in [0, 0.05) is 13.1 Å². The lowest BCUT2D eigenvalue weighted by Gasteiger charge is -2.13. The summed E-state index contributed by atoms with van der Waals surface area (Å²) in [5.41, 5.74) is 0. The van der Waals surface area contributed by atoms with E-state index in [0.29, 0.717) is 6.41 Å². The van der Waals surface area contributed by atoms with Crippen molar-refractivity contribution in [1.29, 1.82) is 0 Å². The molecule has 2 amide bonds. The van der Waals surface area contributed by atoms with Gasteiger partial charge >= 0.3 is 0 Å². The molecule has 0 aromatic carbocycles. The molecule has 2 atom stereocenters. The van der Waals surface area contributed by atoms with Crippen LogP contribution in [0.3, 0.4) is 0 Å². The molecule has 0 fully saturated rings. The lowest BCUT2D eigenvalue weighted by molar-refractivity contribution is -0.117. The quantitative estimate of drug-likeness (QED) is 0.174. The Morgan fingerprint density at radius 2 is 1.70 bits per heavy atom. The van der Waals surface area contributed by atoms with Crippen LogP contribution < -0.4 is 10.6 Å². The summed E-state index contributed by atoms with van der Waals surface area (Å²) >= 11 is 0. The lowest BCUT2D eigenvalue weighted by Crippen LogP contribution is -2.34. The summed E-state index contributed by atoms with van der Waals surface area (Å²) in [5.74, 6) is -0.356. The molecule has 0 spiro atoms. The number of aliphatic hydroxyl groups excluding tert-OH is 2. The van der Waals surface area contributed by atoms with Crippen LogP contribution in [0.5, 0.6) is 0 Å². The van der Waals surface area contributed by atoms with Gasteiger partial charge in [0.05, 0.1) is 38.6 Å². The van der Waals surface area contributed by atoms with Crippen LogP contribution in [0.1, 0.15) is 0 Å². The monoisotopic (exact) mass is 290 g/mol. The molecule has 0 aromatic heterocycles. The van der Waals surface area contributed by atoms with E-state index in [1.54, 1.807) is 0 Å². The van der Waals surface area contributed by atoms with E-state index >= 15 is 0 Å². The molecule has 0 aliphatic heterocycles. The number of nitrogens with one attached hydrogen (secondary N) is 2. The smallest absolute Gasteiger partial charge is 0.243 e. The van der Waals surface area contributed by atoms with Gasteiger partial charge in [-0.1, -0.05) is 6.58 Å². The second-order valence-corrected chi connectivity index (χ2v) is 3.93. The third-order valence-electron chi connectivity index (χ3n) is 2.13. The highest BCUT2D eigenvalue weighted by Gasteiger charge is 2.06. The first-order chi connectivity index (χ1) is 9.60. The maximum Gasteiger partial charge on any atom is 0.243 e. The fourth-order valence-corrected chi connectivity index (χ4v) is 1.15. The van der Waals surface area contributed by atoms with Gasteiger partial charge in [0.25, 0.3) is 0 Å². The Hall–Kier alpha value is -1.48. The van der Waals surface area contributed by atoms with Crippen molar-refractivity contribution >= 4 is 12.3 Å². The van der Waals surface area contributed by atoms with Crippen molar-refractivity contribution in [3.63, 3.8) is 0 Å². The van der Waals surface area contributed by atoms with Gasteiger partial charge in [0.15, 0.2) is 0 Å². The zero-order valence-corrected chi connectivity index (χ0v) is 11.3. The standard InChI is InChI=1S/C12H22N2O6/c1-2-12(18)14-6-11(17)8-20-4-3-19-7-10(16)5-13-9-15/h2,9-11,16-17H,1,3-8H2,(H,13,15)(H,14,18). The average molecular weight is 290 g/mol. The van der Waals surface area contributed by atoms with Gasteiger partial charge in [0.1, 0.15) is 0 Å². The fourth-order valence-electron chi connectivity index (χ4n) is 1.15. The number of carbonyl (C=O) groups excluding carboxylic acids is 2. The van der Waals surface area contributed by atoms with Crippen LogP contribution in [0.2, 0.25) is 0 Å². The summed E-state index contributed by atoms with van der Waals surface area (Å²) in [4.78, 5) is 20.8. The minimum Gasteiger partial charge on any atom is -0.389 e. The van der Waals surface area contributed by atoms with Crippen molar-refractivity contribution < 1.29 is 29.3 Å². The van der Waals surface area contributed by atoms with Gasteiger partial charge in [-0.3, -0.25) is 9.59 Å². The van der Waals surface area contributed by atoms with E-state index in [-0.39, 0.29) is 45.4 Å². The normalized spacial score (nSPS) is 13.3. The van der Waals surface area contributed by atoms with Crippen LogP contribution in [0, 0.1) is 0 Å². The number of hydrogen-bond donors (Lipinski definition) is 4. The number of rotatable bonds is 13. The van der Waals surface area contributed by atoms with Crippen molar-refractivity contribution in [2.75, 3.05) is 39.5 Å². The number of aliphatic hydroxyl groups is 2. The van der Waals surface area contributed by atoms with Crippen molar-refractivity contribution in [3.8, 4) is 0 Å². The van der Waals surface area contributed by atoms with Gasteiger partial charge in [0.2, 0.25) is 12.3 Å². The number of carbonyl (C=O) groups is 2. The second kappa shape index (κ2) is 12.5. The first-order valence-corrected chi connectivity index (χ1v) is 6.19. The maximum atomic E-state index is 10.8. The summed E-state index contributed by atoms with van der Waals surface area (Å²) in [5, 5.41) is 23.5. The zero-order chi connectivity index (χ0) is 15.2. The van der Waals surface area contributed by atoms with Crippen LogP contribution in [0.4, 0.5) is 0 Å². The Bertz CT molecular complexity index is 287. The summed E-state index contributed by atoms with van der Waals surface area (Å²) in [6.07, 6.45) is 0.0478. The number of ether oxygens (including phenoxy) is 2. The molecule has 0 aromatic rings. The van der Waals surface area contributed by atoms with Crippen LogP contribution >= 0.6 is 0 Å². The highest BCUT2D eigenvalue weighted by Crippen LogP contribution is 1.87. The van der Waals surface area contributed by atoms with Crippen molar-refractivity contribution in [1.82, 2.24) is 10.6 Å². The molecular weight excluding hydrogens is 268 g/mol. The predicted molar refractivity (Wildman–Crippen MR) is 70.9 cm³/mol. The Kier molecular flexibility index (Phi) is 11.6. The Morgan fingerprint density at radius 3 is 2.20 bits per heavy atom. The molecule has 20 heavy (non-hydrogen) atoms. The number of hydrogen-bond acceptors (Lipinski definition) is 6. The Labute approximate surface area is 117 Å². The zero-order valence-electron chi connectivity index (χ0n) is 11.3. The van der Waals surface area contributed by atoms with Gasteiger partial charge < -0.3 is 30.3 Å². The maximum absolute atomic E-state index is 10.8. The third-order valence-corrected chi connectivity index (χ3v) is 2.13. The molecule has 0 aliphatic carbocycles. The van der Waals surface area contributed by atoms with Crippen LogP contribution in [0.25, 0.3) is 0 Å². The topological polar surface area (TPSA) is 117 Å². The largest absolute Gasteiger partial charge is 0.389 e. The molecule has 0 saturated heterocycles. The van der Waals surface area contributed by atoms with Crippen LogP contribution in [-0.2, 0) is 19.1 Å². The van der Waals surface area contributed by atoms with Gasteiger partial charge in [-0.25, -0.2) is 0 Å². The molecular formula is C12H22N2O6. The van der Waals surface area contributed by atoms with E-state index in [4.69, 9.17) is 9.47 Å². The highest BCUT2D eigenvalue weighted by atomic mass is 16.5. The van der Waals surface area contributed by atoms with Gasteiger partial charge in [-0.15, -0.1) is 0 Å². The minimum absolute atomic E-state index is 0.0655. The summed E-state index contributed by atoms with van der Waals surface area (Å²) in [6, 6.07) is 0. The van der Waals surface area contributed by atoms with Crippen molar-refractivity contribution in [2.24, 2.45) is 0 Å². The molecule has 4 N–H and O–H groups in total. The molecule has 8 heteroatoms. The molecule has 0 heterocycles. The van der Waals surface area contributed by atoms with Crippen LogP contribution in [-0.4, -0.2) is 74.3 Å². The third kappa shape index (κ3) is 11.6. The van der Waals surface area contributed by atoms with E-state index in [2.05, 4.69) is 17.2 Å². The molecule has 0 aliphatic rings. The first kappa shape index (κ1) is 18.5. The minimum atomic E-state index is -0.804. The highest BCUT2D eigenvalue weighted by molar-refractivity contribution is 5.86. The van der Waals surface area contributed by atoms with Crippen LogP contribution in [0.15, 0.2) is 12.7 Å². The van der Waals surface area contributed by atoms with Crippen molar-refractivity contribution in [2.45, 2.75) is 12.2 Å². The lowest BCUT2D eigenvalue weighted by atomic mass is 10.3.